The zero-order valence-corrected chi connectivity index (χ0v) is 14.4. The van der Waals surface area contributed by atoms with Crippen molar-refractivity contribution in [3.63, 3.8) is 0 Å². The van der Waals surface area contributed by atoms with E-state index >= 15 is 0 Å². The number of rotatable bonds is 6. The lowest BCUT2D eigenvalue weighted by Gasteiger charge is -2.07. The van der Waals surface area contributed by atoms with Crippen LogP contribution in [0.4, 0.5) is 5.69 Å². The van der Waals surface area contributed by atoms with Crippen molar-refractivity contribution < 1.29 is 18.7 Å². The van der Waals surface area contributed by atoms with Crippen molar-refractivity contribution in [3.8, 4) is 5.75 Å². The van der Waals surface area contributed by atoms with E-state index in [4.69, 9.17) is 14.9 Å². The smallest absolute Gasteiger partial charge is 0.291 e. The van der Waals surface area contributed by atoms with Crippen LogP contribution in [0.3, 0.4) is 0 Å². The van der Waals surface area contributed by atoms with Gasteiger partial charge in [0.25, 0.3) is 11.8 Å². The Balaban J connectivity index is 1.67. The van der Waals surface area contributed by atoms with Crippen LogP contribution in [0, 0.1) is 6.92 Å². The standard InChI is InChI=1S/C18H18N4O4/c1-11-5-3-4-6-14(11)25-10-12-7-8-15(26-12)18(24)21-13-9-20-22(2)16(13)17(19)23/h3-9H,10H2,1-2H3,(H2,19,23)(H,21,24). The monoisotopic (exact) mass is 354 g/mol. The first kappa shape index (κ1) is 17.3. The Bertz CT molecular complexity index is 958. The van der Waals surface area contributed by atoms with E-state index in [1.807, 2.05) is 31.2 Å². The predicted molar refractivity (Wildman–Crippen MR) is 93.9 cm³/mol. The third-order valence-electron chi connectivity index (χ3n) is 3.77. The summed E-state index contributed by atoms with van der Waals surface area (Å²) < 4.78 is 12.5. The largest absolute Gasteiger partial charge is 0.485 e. The second-order valence-corrected chi connectivity index (χ2v) is 5.67. The average molecular weight is 354 g/mol. The van der Waals surface area contributed by atoms with Gasteiger partial charge in [-0.05, 0) is 30.7 Å². The Morgan fingerprint density at radius 2 is 2.04 bits per heavy atom. The summed E-state index contributed by atoms with van der Waals surface area (Å²) in [7, 11) is 1.56. The Hall–Kier alpha value is -3.55. The second-order valence-electron chi connectivity index (χ2n) is 5.67. The molecular weight excluding hydrogens is 336 g/mol. The van der Waals surface area contributed by atoms with Gasteiger partial charge in [0.05, 0.1) is 11.9 Å². The average Bonchev–Trinajstić information content (AvgIpc) is 3.21. The number of aromatic nitrogens is 2. The van der Waals surface area contributed by atoms with Gasteiger partial charge in [0.15, 0.2) is 5.76 Å². The summed E-state index contributed by atoms with van der Waals surface area (Å²) in [5, 5.41) is 6.48. The van der Waals surface area contributed by atoms with Gasteiger partial charge in [-0.2, -0.15) is 5.10 Å². The lowest BCUT2D eigenvalue weighted by Crippen LogP contribution is -2.20. The molecule has 0 aliphatic rings. The quantitative estimate of drug-likeness (QED) is 0.705. The fourth-order valence-electron chi connectivity index (χ4n) is 2.45. The maximum Gasteiger partial charge on any atom is 0.291 e. The van der Waals surface area contributed by atoms with Gasteiger partial charge in [0.2, 0.25) is 0 Å². The van der Waals surface area contributed by atoms with E-state index in [2.05, 4.69) is 10.4 Å². The molecule has 134 valence electrons. The zero-order chi connectivity index (χ0) is 18.7. The lowest BCUT2D eigenvalue weighted by molar-refractivity contribution is 0.0992. The molecule has 0 saturated carbocycles. The number of nitrogens with two attached hydrogens (primary N) is 1. The first-order chi connectivity index (χ1) is 12.5. The predicted octanol–water partition coefficient (Wildman–Crippen LogP) is 2.25. The highest BCUT2D eigenvalue weighted by Gasteiger charge is 2.18. The third kappa shape index (κ3) is 3.59. The number of primary amides is 1. The number of amides is 2. The molecule has 1 aromatic carbocycles. The van der Waals surface area contributed by atoms with Gasteiger partial charge in [0.1, 0.15) is 23.8 Å². The number of anilines is 1. The van der Waals surface area contributed by atoms with Crippen molar-refractivity contribution in [1.29, 1.82) is 0 Å². The minimum absolute atomic E-state index is 0.0904. The third-order valence-corrected chi connectivity index (χ3v) is 3.77. The van der Waals surface area contributed by atoms with Gasteiger partial charge in [-0.3, -0.25) is 14.3 Å². The van der Waals surface area contributed by atoms with Gasteiger partial charge in [-0.25, -0.2) is 0 Å². The normalized spacial score (nSPS) is 10.5. The summed E-state index contributed by atoms with van der Waals surface area (Å²) in [6, 6.07) is 10.8. The molecular formula is C18H18N4O4. The molecule has 3 N–H and O–H groups in total. The van der Waals surface area contributed by atoms with Gasteiger partial charge >= 0.3 is 0 Å². The molecule has 0 atom stereocenters. The molecule has 0 saturated heterocycles. The summed E-state index contributed by atoms with van der Waals surface area (Å²) in [4.78, 5) is 23.7. The maximum atomic E-state index is 12.3. The fraction of sp³-hybridized carbons (Fsp3) is 0.167. The molecule has 3 rings (SSSR count). The molecule has 26 heavy (non-hydrogen) atoms. The summed E-state index contributed by atoms with van der Waals surface area (Å²) in [6.07, 6.45) is 1.35. The van der Waals surface area contributed by atoms with Crippen LogP contribution >= 0.6 is 0 Å². The minimum atomic E-state index is -0.688. The van der Waals surface area contributed by atoms with Crippen molar-refractivity contribution in [2.24, 2.45) is 12.8 Å². The topological polar surface area (TPSA) is 112 Å². The van der Waals surface area contributed by atoms with E-state index in [1.54, 1.807) is 13.1 Å². The maximum absolute atomic E-state index is 12.3. The Labute approximate surface area is 149 Å². The summed E-state index contributed by atoms with van der Waals surface area (Å²) in [6.45, 7) is 2.14. The molecule has 2 amide bonds. The van der Waals surface area contributed by atoms with Gasteiger partial charge in [-0.15, -0.1) is 0 Å². The molecule has 0 bridgehead atoms. The van der Waals surface area contributed by atoms with Crippen molar-refractivity contribution in [3.05, 3.63) is 65.4 Å². The van der Waals surface area contributed by atoms with Gasteiger partial charge in [0, 0.05) is 7.05 Å². The number of nitrogens with zero attached hydrogens (tertiary/aromatic N) is 2. The van der Waals surface area contributed by atoms with Gasteiger partial charge < -0.3 is 20.2 Å². The molecule has 0 fully saturated rings. The van der Waals surface area contributed by atoms with Crippen molar-refractivity contribution in [1.82, 2.24) is 9.78 Å². The van der Waals surface area contributed by atoms with Crippen LogP contribution in [0.2, 0.25) is 0 Å². The van der Waals surface area contributed by atoms with E-state index in [0.29, 0.717) is 5.76 Å². The number of para-hydroxylation sites is 1. The van der Waals surface area contributed by atoms with Crippen LogP contribution in [0.5, 0.6) is 5.75 Å². The first-order valence-electron chi connectivity index (χ1n) is 7.86. The highest BCUT2D eigenvalue weighted by atomic mass is 16.5. The van der Waals surface area contributed by atoms with Crippen LogP contribution in [-0.2, 0) is 13.7 Å². The molecule has 8 nitrogen and oxygen atoms in total. The highest BCUT2D eigenvalue weighted by Crippen LogP contribution is 2.20. The number of benzene rings is 1. The van der Waals surface area contributed by atoms with Crippen LogP contribution < -0.4 is 15.8 Å². The van der Waals surface area contributed by atoms with Crippen molar-refractivity contribution in [2.75, 3.05) is 5.32 Å². The van der Waals surface area contributed by atoms with Crippen molar-refractivity contribution >= 4 is 17.5 Å². The minimum Gasteiger partial charge on any atom is -0.485 e. The lowest BCUT2D eigenvalue weighted by atomic mass is 10.2. The summed E-state index contributed by atoms with van der Waals surface area (Å²) >= 11 is 0. The highest BCUT2D eigenvalue weighted by molar-refractivity contribution is 6.06. The number of carbonyl (C=O) groups is 2. The van der Waals surface area contributed by atoms with Crippen LogP contribution in [-0.4, -0.2) is 21.6 Å². The van der Waals surface area contributed by atoms with E-state index in [1.165, 1.54) is 16.9 Å². The number of carbonyl (C=O) groups excluding carboxylic acids is 2. The molecule has 0 radical (unpaired) electrons. The van der Waals surface area contributed by atoms with E-state index in [-0.39, 0.29) is 23.7 Å². The number of furan rings is 1. The number of ether oxygens (including phenoxy) is 1. The molecule has 0 aliphatic carbocycles. The molecule has 0 spiro atoms. The number of hydrogen-bond donors (Lipinski definition) is 2. The van der Waals surface area contributed by atoms with E-state index in [9.17, 15) is 9.59 Å². The first-order valence-corrected chi connectivity index (χ1v) is 7.86. The molecule has 8 heteroatoms. The summed E-state index contributed by atoms with van der Waals surface area (Å²) in [5.74, 6) is 0.137. The SMILES string of the molecule is Cc1ccccc1OCc1ccc(C(=O)Nc2cnn(C)c2C(N)=O)o1. The molecule has 3 aromatic rings. The summed E-state index contributed by atoms with van der Waals surface area (Å²) in [5.41, 5.74) is 6.63. The number of hydrogen-bond acceptors (Lipinski definition) is 5. The molecule has 0 aliphatic heterocycles. The second kappa shape index (κ2) is 7.14. The molecule has 2 heterocycles. The van der Waals surface area contributed by atoms with Gasteiger partial charge in [-0.1, -0.05) is 18.2 Å². The van der Waals surface area contributed by atoms with Crippen LogP contribution in [0.25, 0.3) is 0 Å². The Morgan fingerprint density at radius 1 is 1.27 bits per heavy atom. The van der Waals surface area contributed by atoms with Crippen molar-refractivity contribution in [2.45, 2.75) is 13.5 Å². The molecule has 0 unspecified atom stereocenters. The van der Waals surface area contributed by atoms with Crippen LogP contribution in [0.1, 0.15) is 32.4 Å². The molecule has 2 aromatic heterocycles. The Morgan fingerprint density at radius 3 is 2.77 bits per heavy atom. The zero-order valence-electron chi connectivity index (χ0n) is 14.4. The van der Waals surface area contributed by atoms with E-state index < -0.39 is 11.8 Å². The van der Waals surface area contributed by atoms with E-state index in [0.717, 1.165) is 11.3 Å². The Kier molecular flexibility index (Phi) is 4.74. The fourth-order valence-corrected chi connectivity index (χ4v) is 2.45. The number of aryl methyl sites for hydroxylation is 2. The number of nitrogens with one attached hydrogen (secondary N) is 1. The van der Waals surface area contributed by atoms with Crippen LogP contribution in [0.15, 0.2) is 47.0 Å².